The molecule has 1 aromatic heterocycles. The topological polar surface area (TPSA) is 41.0 Å². The number of fused-ring (bicyclic) bond motifs is 1. The first kappa shape index (κ1) is 11.4. The quantitative estimate of drug-likeness (QED) is 0.891. The van der Waals surface area contributed by atoms with Crippen molar-refractivity contribution in [2.45, 2.75) is 18.9 Å². The van der Waals surface area contributed by atoms with Gasteiger partial charge in [0.15, 0.2) is 0 Å². The smallest absolute Gasteiger partial charge is 0.139 e. The van der Waals surface area contributed by atoms with Crippen LogP contribution in [-0.2, 0) is 0 Å². The zero-order chi connectivity index (χ0) is 12.4. The van der Waals surface area contributed by atoms with Crippen molar-refractivity contribution in [1.29, 1.82) is 0 Å². The van der Waals surface area contributed by atoms with Crippen molar-refractivity contribution < 1.29 is 0 Å². The van der Waals surface area contributed by atoms with E-state index in [-0.39, 0.29) is 0 Å². The van der Waals surface area contributed by atoms with Gasteiger partial charge in [-0.1, -0.05) is 12.1 Å². The highest BCUT2D eigenvalue weighted by Crippen LogP contribution is 2.22. The molecule has 0 amide bonds. The van der Waals surface area contributed by atoms with Gasteiger partial charge in [-0.05, 0) is 31.5 Å². The lowest BCUT2D eigenvalue weighted by atomic mass is 10.2. The molecule has 4 nitrogen and oxygen atoms in total. The van der Waals surface area contributed by atoms with Crippen LogP contribution in [-0.4, -0.2) is 36.1 Å². The van der Waals surface area contributed by atoms with E-state index in [2.05, 4.69) is 33.3 Å². The second kappa shape index (κ2) is 4.90. The molecule has 2 aromatic rings. The highest BCUT2D eigenvalue weighted by molar-refractivity contribution is 5.89. The predicted molar refractivity (Wildman–Crippen MR) is 73.8 cm³/mol. The summed E-state index contributed by atoms with van der Waals surface area (Å²) in [7, 11) is 2.11. The van der Waals surface area contributed by atoms with E-state index < -0.39 is 0 Å². The second-order valence-electron chi connectivity index (χ2n) is 4.89. The van der Waals surface area contributed by atoms with E-state index >= 15 is 0 Å². The average Bonchev–Trinajstić information content (AvgIpc) is 2.91. The molecule has 1 aromatic carbocycles. The average molecular weight is 242 g/mol. The SMILES string of the molecule is CN(CC1CCCN1)c1ncnc2ccccc12. The molecule has 1 saturated heterocycles. The van der Waals surface area contributed by atoms with Gasteiger partial charge in [-0.15, -0.1) is 0 Å². The van der Waals surface area contributed by atoms with Gasteiger partial charge in [-0.2, -0.15) is 0 Å². The maximum Gasteiger partial charge on any atom is 0.139 e. The number of likely N-dealkylation sites (N-methyl/N-ethyl adjacent to an activating group) is 1. The standard InChI is InChI=1S/C14H18N4/c1-18(9-11-5-4-8-15-11)14-12-6-2-3-7-13(12)16-10-17-14/h2-3,6-7,10-11,15H,4-5,8-9H2,1H3. The van der Waals surface area contributed by atoms with Gasteiger partial charge in [0.05, 0.1) is 5.52 Å². The molecule has 0 saturated carbocycles. The van der Waals surface area contributed by atoms with Crippen LogP contribution in [0.3, 0.4) is 0 Å². The molecular formula is C14H18N4. The highest BCUT2D eigenvalue weighted by Gasteiger charge is 2.17. The number of para-hydroxylation sites is 1. The van der Waals surface area contributed by atoms with E-state index in [1.807, 2.05) is 18.2 Å². The van der Waals surface area contributed by atoms with Crippen molar-refractivity contribution in [2.24, 2.45) is 0 Å². The van der Waals surface area contributed by atoms with E-state index in [0.717, 1.165) is 29.8 Å². The molecule has 0 aliphatic carbocycles. The van der Waals surface area contributed by atoms with Crippen molar-refractivity contribution in [3.8, 4) is 0 Å². The van der Waals surface area contributed by atoms with E-state index in [1.165, 1.54) is 12.8 Å². The van der Waals surface area contributed by atoms with Gasteiger partial charge in [0.1, 0.15) is 12.1 Å². The largest absolute Gasteiger partial charge is 0.358 e. The molecule has 18 heavy (non-hydrogen) atoms. The summed E-state index contributed by atoms with van der Waals surface area (Å²) in [4.78, 5) is 11.0. The van der Waals surface area contributed by atoms with Gasteiger partial charge < -0.3 is 10.2 Å². The fourth-order valence-electron chi connectivity index (χ4n) is 2.62. The van der Waals surface area contributed by atoms with E-state index in [4.69, 9.17) is 0 Å². The molecule has 0 bridgehead atoms. The Kier molecular flexibility index (Phi) is 3.11. The van der Waals surface area contributed by atoms with Crippen LogP contribution in [0.5, 0.6) is 0 Å². The molecule has 1 aliphatic rings. The number of hydrogen-bond donors (Lipinski definition) is 1. The number of benzene rings is 1. The van der Waals surface area contributed by atoms with Crippen LogP contribution in [0, 0.1) is 0 Å². The Bertz CT molecular complexity index is 529. The molecule has 1 atom stereocenters. The second-order valence-corrected chi connectivity index (χ2v) is 4.89. The number of aromatic nitrogens is 2. The van der Waals surface area contributed by atoms with Gasteiger partial charge in [-0.3, -0.25) is 0 Å². The highest BCUT2D eigenvalue weighted by atomic mass is 15.2. The van der Waals surface area contributed by atoms with Crippen LogP contribution in [0.1, 0.15) is 12.8 Å². The molecule has 1 fully saturated rings. The van der Waals surface area contributed by atoms with Gasteiger partial charge >= 0.3 is 0 Å². The molecule has 94 valence electrons. The van der Waals surface area contributed by atoms with Crippen molar-refractivity contribution in [3.05, 3.63) is 30.6 Å². The summed E-state index contributed by atoms with van der Waals surface area (Å²) in [6.07, 6.45) is 4.19. The summed E-state index contributed by atoms with van der Waals surface area (Å²) in [6.45, 7) is 2.14. The monoisotopic (exact) mass is 242 g/mol. The summed E-state index contributed by atoms with van der Waals surface area (Å²) in [5.41, 5.74) is 1.01. The van der Waals surface area contributed by atoms with Crippen molar-refractivity contribution in [1.82, 2.24) is 15.3 Å². The van der Waals surface area contributed by atoms with Crippen LogP contribution in [0.2, 0.25) is 0 Å². The first-order valence-corrected chi connectivity index (χ1v) is 6.49. The zero-order valence-electron chi connectivity index (χ0n) is 10.6. The third kappa shape index (κ3) is 2.16. The lowest BCUT2D eigenvalue weighted by Crippen LogP contribution is -2.35. The van der Waals surface area contributed by atoms with Crippen LogP contribution in [0.25, 0.3) is 10.9 Å². The number of nitrogens with zero attached hydrogens (tertiary/aromatic N) is 3. The minimum Gasteiger partial charge on any atom is -0.358 e. The number of anilines is 1. The molecule has 1 aliphatic heterocycles. The lowest BCUT2D eigenvalue weighted by Gasteiger charge is -2.23. The maximum atomic E-state index is 4.44. The Labute approximate surface area is 107 Å². The molecule has 1 unspecified atom stereocenters. The van der Waals surface area contributed by atoms with Gasteiger partial charge in [0, 0.05) is 25.0 Å². The van der Waals surface area contributed by atoms with Crippen molar-refractivity contribution in [2.75, 3.05) is 25.0 Å². The summed E-state index contributed by atoms with van der Waals surface area (Å²) in [5, 5.41) is 4.65. The van der Waals surface area contributed by atoms with Crippen LogP contribution < -0.4 is 10.2 Å². The Morgan fingerprint density at radius 3 is 3.06 bits per heavy atom. The van der Waals surface area contributed by atoms with Crippen molar-refractivity contribution >= 4 is 16.7 Å². The Morgan fingerprint density at radius 2 is 2.22 bits per heavy atom. The lowest BCUT2D eigenvalue weighted by molar-refractivity contribution is 0.598. The minimum absolute atomic E-state index is 0.587. The minimum atomic E-state index is 0.587. The first-order valence-electron chi connectivity index (χ1n) is 6.49. The van der Waals surface area contributed by atoms with E-state index in [1.54, 1.807) is 6.33 Å². The molecule has 3 rings (SSSR count). The van der Waals surface area contributed by atoms with Gasteiger partial charge in [0.25, 0.3) is 0 Å². The number of nitrogens with one attached hydrogen (secondary N) is 1. The molecule has 2 heterocycles. The maximum absolute atomic E-state index is 4.44. The first-order chi connectivity index (χ1) is 8.84. The molecule has 1 N–H and O–H groups in total. The number of hydrogen-bond acceptors (Lipinski definition) is 4. The molecule has 0 radical (unpaired) electrons. The fourth-order valence-corrected chi connectivity index (χ4v) is 2.62. The van der Waals surface area contributed by atoms with E-state index in [0.29, 0.717) is 6.04 Å². The van der Waals surface area contributed by atoms with Crippen LogP contribution in [0.15, 0.2) is 30.6 Å². The number of rotatable bonds is 3. The van der Waals surface area contributed by atoms with Gasteiger partial charge in [0.2, 0.25) is 0 Å². The fraction of sp³-hybridized carbons (Fsp3) is 0.429. The van der Waals surface area contributed by atoms with Crippen LogP contribution >= 0.6 is 0 Å². The summed E-state index contributed by atoms with van der Waals surface area (Å²) in [6, 6.07) is 8.75. The third-order valence-corrected chi connectivity index (χ3v) is 3.54. The molecular weight excluding hydrogens is 224 g/mol. The Balaban J connectivity index is 1.88. The summed E-state index contributed by atoms with van der Waals surface area (Å²) >= 11 is 0. The summed E-state index contributed by atoms with van der Waals surface area (Å²) in [5.74, 6) is 1.02. The zero-order valence-corrected chi connectivity index (χ0v) is 10.6. The molecule has 0 spiro atoms. The third-order valence-electron chi connectivity index (χ3n) is 3.54. The normalized spacial score (nSPS) is 19.3. The van der Waals surface area contributed by atoms with Crippen molar-refractivity contribution in [3.63, 3.8) is 0 Å². The van der Waals surface area contributed by atoms with Crippen LogP contribution in [0.4, 0.5) is 5.82 Å². The molecule has 4 heteroatoms. The Hall–Kier alpha value is -1.68. The predicted octanol–water partition coefficient (Wildman–Crippen LogP) is 1.82. The van der Waals surface area contributed by atoms with Gasteiger partial charge in [-0.25, -0.2) is 9.97 Å². The van der Waals surface area contributed by atoms with E-state index in [9.17, 15) is 0 Å². The summed E-state index contributed by atoms with van der Waals surface area (Å²) < 4.78 is 0. The Morgan fingerprint density at radius 1 is 1.33 bits per heavy atom.